The van der Waals surface area contributed by atoms with Gasteiger partial charge in [-0.1, -0.05) is 16.8 Å². The first-order valence-corrected chi connectivity index (χ1v) is 11.0. The van der Waals surface area contributed by atoms with Crippen LogP contribution in [0.2, 0.25) is 5.02 Å². The Morgan fingerprint density at radius 2 is 1.79 bits per heavy atom. The molecule has 1 aliphatic heterocycles. The van der Waals surface area contributed by atoms with Crippen LogP contribution in [-0.2, 0) is 17.9 Å². The van der Waals surface area contributed by atoms with Gasteiger partial charge in [-0.05, 0) is 36.4 Å². The van der Waals surface area contributed by atoms with Crippen molar-refractivity contribution in [3.63, 3.8) is 0 Å². The van der Waals surface area contributed by atoms with Crippen LogP contribution in [0.5, 0.6) is 0 Å². The van der Waals surface area contributed by atoms with Crippen molar-refractivity contribution in [2.24, 2.45) is 0 Å². The molecule has 0 unspecified atom stereocenters. The summed E-state index contributed by atoms with van der Waals surface area (Å²) < 4.78 is 49.4. The average molecular weight is 498 g/mol. The minimum Gasteiger partial charge on any atom is -0.467 e. The Kier molecular flexibility index (Phi) is 7.54. The summed E-state index contributed by atoms with van der Waals surface area (Å²) in [4.78, 5) is 21.8. The van der Waals surface area contributed by atoms with E-state index >= 15 is 0 Å². The molecule has 12 heteroatoms. The van der Waals surface area contributed by atoms with Gasteiger partial charge in [-0.15, -0.1) is 0 Å². The number of furan rings is 1. The summed E-state index contributed by atoms with van der Waals surface area (Å²) in [6.45, 7) is 1.10. The van der Waals surface area contributed by atoms with Gasteiger partial charge in [0.25, 0.3) is 0 Å². The number of amides is 1. The molecule has 1 fully saturated rings. The lowest BCUT2D eigenvalue weighted by atomic mass is 10.2. The van der Waals surface area contributed by atoms with Gasteiger partial charge in [0.05, 0.1) is 25.9 Å². The molecule has 0 aliphatic carbocycles. The lowest BCUT2D eigenvalue weighted by Crippen LogP contribution is -2.50. The van der Waals surface area contributed by atoms with E-state index in [1.54, 1.807) is 36.4 Å². The molecular formula is C22H23ClF3N5O3. The molecule has 0 spiro atoms. The number of alkyl halides is 3. The van der Waals surface area contributed by atoms with Crippen molar-refractivity contribution in [1.82, 2.24) is 24.8 Å². The zero-order valence-electron chi connectivity index (χ0n) is 18.2. The molecule has 1 aromatic carbocycles. The highest BCUT2D eigenvalue weighted by molar-refractivity contribution is 6.30. The number of piperazine rings is 1. The zero-order chi connectivity index (χ0) is 24.1. The summed E-state index contributed by atoms with van der Waals surface area (Å²) in [6, 6.07) is 10.2. The van der Waals surface area contributed by atoms with Crippen LogP contribution in [0.1, 0.15) is 11.7 Å². The third-order valence-corrected chi connectivity index (χ3v) is 5.65. The van der Waals surface area contributed by atoms with Gasteiger partial charge >= 0.3 is 6.18 Å². The first-order chi connectivity index (χ1) is 16.2. The van der Waals surface area contributed by atoms with Crippen LogP contribution < -0.4 is 0 Å². The van der Waals surface area contributed by atoms with Gasteiger partial charge in [0, 0.05) is 36.8 Å². The van der Waals surface area contributed by atoms with E-state index in [1.165, 1.54) is 6.26 Å². The Bertz CT molecular complexity index is 1060. The molecule has 2 aromatic heterocycles. The van der Waals surface area contributed by atoms with E-state index < -0.39 is 18.6 Å². The highest BCUT2D eigenvalue weighted by Crippen LogP contribution is 2.20. The van der Waals surface area contributed by atoms with Gasteiger partial charge in [0.2, 0.25) is 17.6 Å². The number of rotatable bonds is 8. The molecule has 0 N–H and O–H groups in total. The average Bonchev–Trinajstić information content (AvgIpc) is 3.47. The van der Waals surface area contributed by atoms with Crippen molar-refractivity contribution in [2.45, 2.75) is 19.3 Å². The summed E-state index contributed by atoms with van der Waals surface area (Å²) >= 11 is 5.90. The van der Waals surface area contributed by atoms with Gasteiger partial charge in [-0.2, -0.15) is 18.2 Å². The number of aromatic nitrogens is 2. The molecule has 0 radical (unpaired) electrons. The van der Waals surface area contributed by atoms with E-state index in [4.69, 9.17) is 20.5 Å². The predicted octanol–water partition coefficient (Wildman–Crippen LogP) is 3.69. The van der Waals surface area contributed by atoms with Crippen LogP contribution in [-0.4, -0.2) is 76.2 Å². The SMILES string of the molecule is O=C(CN1CCN(Cc2nc(-c3ccc(Cl)cc3)no2)CC1)N(Cc1ccco1)CC(F)(F)F. The van der Waals surface area contributed by atoms with E-state index in [0.717, 1.165) is 10.5 Å². The number of carbonyl (C=O) groups is 1. The monoisotopic (exact) mass is 497 g/mol. The number of nitrogens with zero attached hydrogens (tertiary/aromatic N) is 5. The Labute approximate surface area is 198 Å². The maximum absolute atomic E-state index is 13.0. The van der Waals surface area contributed by atoms with Gasteiger partial charge in [0.15, 0.2) is 0 Å². The van der Waals surface area contributed by atoms with Crippen molar-refractivity contribution >= 4 is 17.5 Å². The number of hydrogen-bond donors (Lipinski definition) is 0. The quantitative estimate of drug-likeness (QED) is 0.469. The Morgan fingerprint density at radius 1 is 1.09 bits per heavy atom. The van der Waals surface area contributed by atoms with E-state index in [9.17, 15) is 18.0 Å². The smallest absolute Gasteiger partial charge is 0.406 e. The van der Waals surface area contributed by atoms with Crippen molar-refractivity contribution in [2.75, 3.05) is 39.3 Å². The van der Waals surface area contributed by atoms with Gasteiger partial charge < -0.3 is 13.8 Å². The molecule has 4 rings (SSSR count). The Hall–Kier alpha value is -2.89. The molecule has 0 bridgehead atoms. The van der Waals surface area contributed by atoms with Crippen molar-refractivity contribution in [3.8, 4) is 11.4 Å². The predicted molar refractivity (Wildman–Crippen MR) is 117 cm³/mol. The first kappa shape index (κ1) is 24.2. The molecule has 1 aliphatic rings. The zero-order valence-corrected chi connectivity index (χ0v) is 18.9. The second kappa shape index (κ2) is 10.6. The molecule has 182 valence electrons. The van der Waals surface area contributed by atoms with Gasteiger partial charge in [0.1, 0.15) is 12.3 Å². The standard InChI is InChI=1S/C22H23ClF3N5O3/c23-17-5-3-16(4-6-17)21-27-19(34-28-21)13-29-7-9-30(10-8-29)14-20(32)31(15-22(24,25)26)12-18-2-1-11-33-18/h1-6,11H,7-10,12-15H2. The fraction of sp³-hybridized carbons (Fsp3) is 0.409. The Morgan fingerprint density at radius 3 is 2.44 bits per heavy atom. The molecular weight excluding hydrogens is 475 g/mol. The second-order valence-electron chi connectivity index (χ2n) is 8.02. The van der Waals surface area contributed by atoms with E-state index in [0.29, 0.717) is 55.2 Å². The largest absolute Gasteiger partial charge is 0.467 e. The summed E-state index contributed by atoms with van der Waals surface area (Å²) in [7, 11) is 0. The third kappa shape index (κ3) is 6.81. The van der Waals surface area contributed by atoms with Gasteiger partial charge in [-0.3, -0.25) is 14.6 Å². The molecule has 3 heterocycles. The van der Waals surface area contributed by atoms with E-state index in [2.05, 4.69) is 15.0 Å². The van der Waals surface area contributed by atoms with Crippen LogP contribution >= 0.6 is 11.6 Å². The normalized spacial score (nSPS) is 15.5. The van der Waals surface area contributed by atoms with Crippen molar-refractivity contribution < 1.29 is 26.9 Å². The van der Waals surface area contributed by atoms with Crippen LogP contribution in [0.25, 0.3) is 11.4 Å². The molecule has 0 saturated carbocycles. The number of benzene rings is 1. The molecule has 34 heavy (non-hydrogen) atoms. The fourth-order valence-corrected chi connectivity index (χ4v) is 3.79. The second-order valence-corrected chi connectivity index (χ2v) is 8.45. The Balaban J connectivity index is 1.27. The highest BCUT2D eigenvalue weighted by Gasteiger charge is 2.34. The number of hydrogen-bond acceptors (Lipinski definition) is 7. The minimum absolute atomic E-state index is 0.0914. The van der Waals surface area contributed by atoms with Crippen molar-refractivity contribution in [1.29, 1.82) is 0 Å². The third-order valence-electron chi connectivity index (χ3n) is 5.40. The van der Waals surface area contributed by atoms with Crippen LogP contribution in [0.15, 0.2) is 51.6 Å². The minimum atomic E-state index is -4.49. The van der Waals surface area contributed by atoms with Crippen LogP contribution in [0.4, 0.5) is 13.2 Å². The molecule has 1 saturated heterocycles. The fourth-order valence-electron chi connectivity index (χ4n) is 3.66. The first-order valence-electron chi connectivity index (χ1n) is 10.7. The van der Waals surface area contributed by atoms with Crippen LogP contribution in [0, 0.1) is 0 Å². The van der Waals surface area contributed by atoms with E-state index in [-0.39, 0.29) is 13.1 Å². The molecule has 8 nitrogen and oxygen atoms in total. The number of halogens is 4. The summed E-state index contributed by atoms with van der Waals surface area (Å²) in [5, 5.41) is 4.62. The van der Waals surface area contributed by atoms with Crippen LogP contribution in [0.3, 0.4) is 0 Å². The van der Waals surface area contributed by atoms with Crippen molar-refractivity contribution in [3.05, 3.63) is 59.3 Å². The maximum atomic E-state index is 13.0. The lowest BCUT2D eigenvalue weighted by molar-refractivity contribution is -0.163. The maximum Gasteiger partial charge on any atom is 0.406 e. The molecule has 3 aromatic rings. The highest BCUT2D eigenvalue weighted by atomic mass is 35.5. The van der Waals surface area contributed by atoms with E-state index in [1.807, 2.05) is 4.90 Å². The van der Waals surface area contributed by atoms with Gasteiger partial charge in [-0.25, -0.2) is 0 Å². The summed E-state index contributed by atoms with van der Waals surface area (Å²) in [6.07, 6.45) is -3.12. The molecule has 0 atom stereocenters. The topological polar surface area (TPSA) is 78.9 Å². The molecule has 1 amide bonds. The number of carbonyl (C=O) groups excluding carboxylic acids is 1. The summed E-state index contributed by atoms with van der Waals surface area (Å²) in [5.74, 6) is 0.646. The lowest BCUT2D eigenvalue weighted by Gasteiger charge is -2.34. The summed E-state index contributed by atoms with van der Waals surface area (Å²) in [5.41, 5.74) is 0.792.